The van der Waals surface area contributed by atoms with E-state index >= 15 is 0 Å². The summed E-state index contributed by atoms with van der Waals surface area (Å²) in [7, 11) is 0. The van der Waals surface area contributed by atoms with Gasteiger partial charge in [-0.1, -0.05) is 18.2 Å². The van der Waals surface area contributed by atoms with Gasteiger partial charge in [0.1, 0.15) is 5.82 Å². The third-order valence-electron chi connectivity index (χ3n) is 2.01. The van der Waals surface area contributed by atoms with Crippen LogP contribution in [0.25, 0.3) is 6.08 Å². The Hall–Kier alpha value is -1.97. The number of benzene rings is 1. The van der Waals surface area contributed by atoms with Crippen LogP contribution in [-0.2, 0) is 9.59 Å². The summed E-state index contributed by atoms with van der Waals surface area (Å²) in [5, 5.41) is 2.56. The highest BCUT2D eigenvalue weighted by Gasteiger charge is 2.17. The first-order valence-electron chi connectivity index (χ1n) is 5.58. The molecule has 3 nitrogen and oxygen atoms in total. The van der Waals surface area contributed by atoms with Gasteiger partial charge in [-0.3, -0.25) is 9.59 Å². The average Bonchev–Trinajstić information content (AvgIpc) is 2.25. The molecular formula is C14H16FNO2. The molecule has 4 heteroatoms. The number of hydrogen-bond acceptors (Lipinski definition) is 2. The number of nitrogens with one attached hydrogen (secondary N) is 1. The molecule has 0 saturated heterocycles. The van der Waals surface area contributed by atoms with Gasteiger partial charge in [0, 0.05) is 5.54 Å². The molecule has 1 rings (SSSR count). The predicted molar refractivity (Wildman–Crippen MR) is 68.3 cm³/mol. The number of ketones is 1. The first-order valence-corrected chi connectivity index (χ1v) is 5.58. The maximum Gasteiger partial charge on any atom is 0.292 e. The molecule has 1 amide bonds. The Balaban J connectivity index is 2.64. The Bertz CT molecular complexity index is 470. The van der Waals surface area contributed by atoms with Crippen molar-refractivity contribution in [3.05, 3.63) is 41.7 Å². The summed E-state index contributed by atoms with van der Waals surface area (Å²) in [6.07, 6.45) is 2.65. The van der Waals surface area contributed by atoms with E-state index in [0.29, 0.717) is 5.56 Å². The van der Waals surface area contributed by atoms with Gasteiger partial charge < -0.3 is 5.32 Å². The summed E-state index contributed by atoms with van der Waals surface area (Å²) >= 11 is 0. The Labute approximate surface area is 106 Å². The summed E-state index contributed by atoms with van der Waals surface area (Å²) in [4.78, 5) is 23.0. The molecule has 0 bridgehead atoms. The molecule has 0 heterocycles. The first-order chi connectivity index (χ1) is 8.28. The van der Waals surface area contributed by atoms with Crippen molar-refractivity contribution in [3.8, 4) is 0 Å². The smallest absolute Gasteiger partial charge is 0.292 e. The van der Waals surface area contributed by atoms with Crippen molar-refractivity contribution in [2.45, 2.75) is 26.3 Å². The Morgan fingerprint density at radius 1 is 1.17 bits per heavy atom. The number of rotatable bonds is 3. The summed E-state index contributed by atoms with van der Waals surface area (Å²) in [5.41, 5.74) is 0.213. The topological polar surface area (TPSA) is 46.2 Å². The highest BCUT2D eigenvalue weighted by atomic mass is 19.1. The van der Waals surface area contributed by atoms with Gasteiger partial charge in [0.25, 0.3) is 5.91 Å². The lowest BCUT2D eigenvalue weighted by atomic mass is 10.1. The lowest BCUT2D eigenvalue weighted by Crippen LogP contribution is -2.43. The maximum atomic E-state index is 12.6. The highest BCUT2D eigenvalue weighted by molar-refractivity contribution is 6.41. The van der Waals surface area contributed by atoms with Crippen LogP contribution in [0.2, 0.25) is 0 Å². The van der Waals surface area contributed by atoms with Crippen LogP contribution in [0.4, 0.5) is 4.39 Å². The van der Waals surface area contributed by atoms with Crippen molar-refractivity contribution in [2.24, 2.45) is 0 Å². The molecule has 1 aromatic rings. The molecule has 0 fully saturated rings. The van der Waals surface area contributed by atoms with Crippen LogP contribution in [0.1, 0.15) is 26.3 Å². The number of carbonyl (C=O) groups excluding carboxylic acids is 2. The fraction of sp³-hybridized carbons (Fsp3) is 0.286. The summed E-state index contributed by atoms with van der Waals surface area (Å²) in [6.45, 7) is 5.38. The van der Waals surface area contributed by atoms with E-state index in [0.717, 1.165) is 0 Å². The van der Waals surface area contributed by atoms with E-state index in [1.54, 1.807) is 20.8 Å². The number of amides is 1. The second kappa shape index (κ2) is 5.58. The van der Waals surface area contributed by atoms with Gasteiger partial charge in [0.15, 0.2) is 0 Å². The quantitative estimate of drug-likeness (QED) is 0.660. The van der Waals surface area contributed by atoms with Crippen LogP contribution in [0.15, 0.2) is 30.3 Å². The van der Waals surface area contributed by atoms with Gasteiger partial charge in [-0.25, -0.2) is 4.39 Å². The van der Waals surface area contributed by atoms with E-state index in [1.807, 2.05) is 0 Å². The molecule has 0 atom stereocenters. The zero-order valence-electron chi connectivity index (χ0n) is 10.7. The largest absolute Gasteiger partial charge is 0.345 e. The van der Waals surface area contributed by atoms with Crippen LogP contribution in [0, 0.1) is 5.82 Å². The zero-order chi connectivity index (χ0) is 13.8. The van der Waals surface area contributed by atoms with Gasteiger partial charge in [-0.2, -0.15) is 0 Å². The molecule has 0 spiro atoms. The third-order valence-corrected chi connectivity index (χ3v) is 2.01. The van der Waals surface area contributed by atoms with Gasteiger partial charge >= 0.3 is 0 Å². The molecule has 0 aliphatic heterocycles. The molecule has 18 heavy (non-hydrogen) atoms. The van der Waals surface area contributed by atoms with Crippen molar-refractivity contribution in [1.82, 2.24) is 5.32 Å². The summed E-state index contributed by atoms with van der Waals surface area (Å²) in [5.74, 6) is -1.63. The van der Waals surface area contributed by atoms with Gasteiger partial charge in [-0.05, 0) is 44.5 Å². The molecule has 0 saturated carbocycles. The Kier molecular flexibility index (Phi) is 4.37. The first kappa shape index (κ1) is 14.1. The van der Waals surface area contributed by atoms with Gasteiger partial charge in [-0.15, -0.1) is 0 Å². The molecule has 96 valence electrons. The molecular weight excluding hydrogens is 233 g/mol. The van der Waals surface area contributed by atoms with Crippen LogP contribution < -0.4 is 5.32 Å². The van der Waals surface area contributed by atoms with Gasteiger partial charge in [0.05, 0.1) is 0 Å². The van der Waals surface area contributed by atoms with E-state index in [1.165, 1.54) is 36.4 Å². The summed E-state index contributed by atoms with van der Waals surface area (Å²) < 4.78 is 12.6. The average molecular weight is 249 g/mol. The van der Waals surface area contributed by atoms with Crippen molar-refractivity contribution >= 4 is 17.8 Å². The van der Waals surface area contributed by atoms with Gasteiger partial charge in [0.2, 0.25) is 5.78 Å². The molecule has 0 radical (unpaired) electrons. The second-order valence-electron chi connectivity index (χ2n) is 4.95. The fourth-order valence-electron chi connectivity index (χ4n) is 1.22. The lowest BCUT2D eigenvalue weighted by Gasteiger charge is -2.19. The van der Waals surface area contributed by atoms with E-state index in [-0.39, 0.29) is 5.82 Å². The minimum Gasteiger partial charge on any atom is -0.345 e. The Morgan fingerprint density at radius 3 is 2.22 bits per heavy atom. The van der Waals surface area contributed by atoms with Crippen LogP contribution in [0.3, 0.4) is 0 Å². The highest BCUT2D eigenvalue weighted by Crippen LogP contribution is 2.05. The van der Waals surface area contributed by atoms with E-state index in [2.05, 4.69) is 5.32 Å². The lowest BCUT2D eigenvalue weighted by molar-refractivity contribution is -0.136. The number of halogens is 1. The van der Waals surface area contributed by atoms with Crippen molar-refractivity contribution in [1.29, 1.82) is 0 Å². The van der Waals surface area contributed by atoms with Crippen molar-refractivity contribution in [3.63, 3.8) is 0 Å². The van der Waals surface area contributed by atoms with Crippen molar-refractivity contribution in [2.75, 3.05) is 0 Å². The number of hydrogen-bond donors (Lipinski definition) is 1. The normalized spacial score (nSPS) is 11.6. The molecule has 1 N–H and O–H groups in total. The number of carbonyl (C=O) groups is 2. The zero-order valence-corrected chi connectivity index (χ0v) is 10.7. The monoisotopic (exact) mass is 249 g/mol. The summed E-state index contributed by atoms with van der Waals surface area (Å²) in [6, 6.07) is 5.64. The van der Waals surface area contributed by atoms with Crippen LogP contribution in [-0.4, -0.2) is 17.2 Å². The minimum atomic E-state index is -0.652. The fourth-order valence-corrected chi connectivity index (χ4v) is 1.22. The molecule has 1 aromatic carbocycles. The minimum absolute atomic E-state index is 0.344. The van der Waals surface area contributed by atoms with E-state index in [4.69, 9.17) is 0 Å². The maximum absolute atomic E-state index is 12.6. The van der Waals surface area contributed by atoms with Crippen LogP contribution >= 0.6 is 0 Å². The Morgan fingerprint density at radius 2 is 1.72 bits per heavy atom. The SMILES string of the molecule is CC(C)(C)NC(=O)C(=O)/C=C/c1ccc(F)cc1. The molecule has 0 unspecified atom stereocenters. The van der Waals surface area contributed by atoms with E-state index in [9.17, 15) is 14.0 Å². The van der Waals surface area contributed by atoms with Crippen LogP contribution in [0.5, 0.6) is 0 Å². The molecule has 0 aromatic heterocycles. The predicted octanol–water partition coefficient (Wildman–Crippen LogP) is 2.32. The van der Waals surface area contributed by atoms with E-state index < -0.39 is 17.2 Å². The molecule has 0 aliphatic carbocycles. The second-order valence-corrected chi connectivity index (χ2v) is 4.95. The standard InChI is InChI=1S/C14H16FNO2/c1-14(2,3)16-13(18)12(17)9-6-10-4-7-11(15)8-5-10/h4-9H,1-3H3,(H,16,18)/b9-6+. The van der Waals surface area contributed by atoms with Crippen molar-refractivity contribution < 1.29 is 14.0 Å². The molecule has 0 aliphatic rings. The third kappa shape index (κ3) is 4.91.